The lowest BCUT2D eigenvalue weighted by molar-refractivity contribution is -0.111. The van der Waals surface area contributed by atoms with Gasteiger partial charge in [-0.15, -0.1) is 36.7 Å². The van der Waals surface area contributed by atoms with Crippen LogP contribution < -0.4 is 0 Å². The van der Waals surface area contributed by atoms with Crippen molar-refractivity contribution in [3.63, 3.8) is 0 Å². The number of carbonyl (C=O) groups excluding carboxylic acids is 1. The average Bonchev–Trinajstić information content (AvgIpc) is 2.27. The van der Waals surface area contributed by atoms with Gasteiger partial charge in [-0.05, 0) is 24.3 Å². The molecule has 1 saturated heterocycles. The van der Waals surface area contributed by atoms with Crippen LogP contribution in [0.5, 0.6) is 0 Å². The molecule has 1 fully saturated rings. The summed E-state index contributed by atoms with van der Waals surface area (Å²) in [6, 6.07) is 0. The Hall–Kier alpha value is 0.200. The highest BCUT2D eigenvalue weighted by atomic mass is 32.2. The first kappa shape index (κ1) is 13.3. The summed E-state index contributed by atoms with van der Waals surface area (Å²) in [6.07, 6.45) is 5.61. The Morgan fingerprint density at radius 2 is 2.00 bits per heavy atom. The van der Waals surface area contributed by atoms with Crippen molar-refractivity contribution in [1.82, 2.24) is 0 Å². The molecule has 0 aliphatic carbocycles. The number of allylic oxidation sites excluding steroid dienone is 1. The minimum atomic E-state index is -0.270. The van der Waals surface area contributed by atoms with Crippen LogP contribution in [0.25, 0.3) is 0 Å². The monoisotopic (exact) mass is 260 g/mol. The maximum absolute atomic E-state index is 12.1. The largest absolute Gasteiger partial charge is 0.285 e. The van der Waals surface area contributed by atoms with Gasteiger partial charge in [0.05, 0.1) is 0 Å². The maximum Gasteiger partial charge on any atom is 0.215 e. The lowest BCUT2D eigenvalue weighted by Gasteiger charge is -2.33. The van der Waals surface area contributed by atoms with Crippen molar-refractivity contribution in [1.29, 1.82) is 0 Å². The average molecular weight is 260 g/mol. The van der Waals surface area contributed by atoms with Crippen molar-refractivity contribution >= 4 is 40.4 Å². The van der Waals surface area contributed by atoms with Crippen LogP contribution in [0.1, 0.15) is 12.8 Å². The lowest BCUT2D eigenvalue weighted by atomic mass is 10.3. The fraction of sp³-hybridized carbons (Fsp3) is 0.545. The molecule has 0 aromatic rings. The van der Waals surface area contributed by atoms with Gasteiger partial charge < -0.3 is 0 Å². The van der Waals surface area contributed by atoms with Crippen LogP contribution in [0.15, 0.2) is 25.3 Å². The summed E-state index contributed by atoms with van der Waals surface area (Å²) < 4.78 is -0.270. The van der Waals surface area contributed by atoms with Gasteiger partial charge in [0, 0.05) is 5.75 Å². The van der Waals surface area contributed by atoms with E-state index in [0.717, 1.165) is 17.9 Å². The third kappa shape index (κ3) is 3.61. The second kappa shape index (κ2) is 6.71. The minimum absolute atomic E-state index is 0.270. The predicted molar refractivity (Wildman–Crippen MR) is 74.7 cm³/mol. The summed E-state index contributed by atoms with van der Waals surface area (Å²) in [5.74, 6) is 2.88. The molecular weight excluding hydrogens is 244 g/mol. The lowest BCUT2D eigenvalue weighted by Crippen LogP contribution is -2.32. The van der Waals surface area contributed by atoms with E-state index in [0.29, 0.717) is 5.75 Å². The molecular formula is C11H16OS3. The standard InChI is InChI=1S/C11H16OS3/c1-3-6-11(10(12)13-7-4-2)14-8-5-9-15-11/h3-4H,1-2,5-9H2. The van der Waals surface area contributed by atoms with Crippen molar-refractivity contribution in [2.75, 3.05) is 17.3 Å². The first-order chi connectivity index (χ1) is 7.25. The van der Waals surface area contributed by atoms with Crippen LogP contribution in [0.4, 0.5) is 0 Å². The van der Waals surface area contributed by atoms with Crippen molar-refractivity contribution in [2.45, 2.75) is 16.9 Å². The first-order valence-corrected chi connectivity index (χ1v) is 7.88. The highest BCUT2D eigenvalue weighted by molar-refractivity contribution is 8.25. The van der Waals surface area contributed by atoms with Crippen LogP contribution in [-0.2, 0) is 4.79 Å². The molecule has 0 aromatic heterocycles. The molecule has 0 radical (unpaired) electrons. The van der Waals surface area contributed by atoms with E-state index in [4.69, 9.17) is 0 Å². The zero-order valence-corrected chi connectivity index (χ0v) is 11.2. The summed E-state index contributed by atoms with van der Waals surface area (Å²) in [5.41, 5.74) is 0. The number of hydrogen-bond donors (Lipinski definition) is 0. The number of rotatable bonds is 5. The third-order valence-corrected chi connectivity index (χ3v) is 6.62. The Morgan fingerprint density at radius 1 is 1.33 bits per heavy atom. The van der Waals surface area contributed by atoms with Crippen molar-refractivity contribution < 1.29 is 4.79 Å². The normalized spacial score (nSPS) is 19.5. The van der Waals surface area contributed by atoms with E-state index in [1.165, 1.54) is 18.2 Å². The van der Waals surface area contributed by atoms with Gasteiger partial charge >= 0.3 is 0 Å². The Labute approximate surface area is 105 Å². The van der Waals surface area contributed by atoms with Crippen molar-refractivity contribution in [3.8, 4) is 0 Å². The highest BCUT2D eigenvalue weighted by Gasteiger charge is 2.39. The summed E-state index contributed by atoms with van der Waals surface area (Å²) in [7, 11) is 0. The summed E-state index contributed by atoms with van der Waals surface area (Å²) in [4.78, 5) is 12.1. The van der Waals surface area contributed by atoms with E-state index in [2.05, 4.69) is 13.2 Å². The predicted octanol–water partition coefficient (Wildman–Crippen LogP) is 3.57. The van der Waals surface area contributed by atoms with Crippen molar-refractivity contribution in [3.05, 3.63) is 25.3 Å². The summed E-state index contributed by atoms with van der Waals surface area (Å²) in [5, 5.41) is 0.275. The van der Waals surface area contributed by atoms with Crippen LogP contribution in [-0.4, -0.2) is 26.5 Å². The fourth-order valence-corrected chi connectivity index (χ4v) is 5.57. The Morgan fingerprint density at radius 3 is 2.53 bits per heavy atom. The number of hydrogen-bond acceptors (Lipinski definition) is 4. The molecule has 0 atom stereocenters. The van der Waals surface area contributed by atoms with E-state index in [1.54, 1.807) is 29.6 Å². The molecule has 0 aromatic carbocycles. The molecule has 0 saturated carbocycles. The maximum atomic E-state index is 12.1. The molecule has 1 heterocycles. The smallest absolute Gasteiger partial charge is 0.215 e. The SMILES string of the molecule is C=CCSC(=O)C1(CC=C)SCCCS1. The molecule has 4 heteroatoms. The van der Waals surface area contributed by atoms with E-state index >= 15 is 0 Å². The Kier molecular flexibility index (Phi) is 5.94. The number of thioether (sulfide) groups is 3. The molecule has 1 aliphatic rings. The van der Waals surface area contributed by atoms with Gasteiger partial charge in [0.15, 0.2) is 0 Å². The highest BCUT2D eigenvalue weighted by Crippen LogP contribution is 2.47. The van der Waals surface area contributed by atoms with E-state index < -0.39 is 0 Å². The van der Waals surface area contributed by atoms with Crippen LogP contribution in [0.3, 0.4) is 0 Å². The molecule has 0 spiro atoms. The van der Waals surface area contributed by atoms with Crippen LogP contribution in [0, 0.1) is 0 Å². The van der Waals surface area contributed by atoms with Crippen LogP contribution >= 0.6 is 35.3 Å². The Bertz CT molecular complexity index is 244. The van der Waals surface area contributed by atoms with Gasteiger partial charge in [-0.1, -0.05) is 23.9 Å². The molecule has 0 unspecified atom stereocenters. The minimum Gasteiger partial charge on any atom is -0.285 e. The van der Waals surface area contributed by atoms with Gasteiger partial charge in [0.2, 0.25) is 5.12 Å². The molecule has 1 aliphatic heterocycles. The molecule has 15 heavy (non-hydrogen) atoms. The van der Waals surface area contributed by atoms with Gasteiger partial charge in [-0.3, -0.25) is 4.79 Å². The van der Waals surface area contributed by atoms with Crippen molar-refractivity contribution in [2.24, 2.45) is 0 Å². The zero-order valence-electron chi connectivity index (χ0n) is 8.74. The molecule has 1 nitrogen and oxygen atoms in total. The first-order valence-electron chi connectivity index (χ1n) is 4.92. The van der Waals surface area contributed by atoms with Gasteiger partial charge in [0.25, 0.3) is 0 Å². The fourth-order valence-electron chi connectivity index (χ4n) is 1.33. The molecule has 84 valence electrons. The molecule has 0 bridgehead atoms. The van der Waals surface area contributed by atoms with Gasteiger partial charge in [0.1, 0.15) is 4.08 Å². The van der Waals surface area contributed by atoms with Gasteiger partial charge in [-0.2, -0.15) is 0 Å². The quantitative estimate of drug-likeness (QED) is 0.703. The number of carbonyl (C=O) groups is 1. The summed E-state index contributed by atoms with van der Waals surface area (Å²) in [6.45, 7) is 7.39. The van der Waals surface area contributed by atoms with Crippen LogP contribution in [0.2, 0.25) is 0 Å². The second-order valence-corrected chi connectivity index (χ2v) is 7.22. The summed E-state index contributed by atoms with van der Waals surface area (Å²) >= 11 is 4.94. The Balaban J connectivity index is 2.65. The van der Waals surface area contributed by atoms with E-state index in [9.17, 15) is 4.79 Å². The molecule has 0 amide bonds. The second-order valence-electron chi connectivity index (χ2n) is 3.18. The third-order valence-electron chi connectivity index (χ3n) is 2.02. The zero-order chi connectivity index (χ0) is 11.1. The van der Waals surface area contributed by atoms with E-state index in [1.807, 2.05) is 6.08 Å². The van der Waals surface area contributed by atoms with Gasteiger partial charge in [-0.25, -0.2) is 0 Å². The topological polar surface area (TPSA) is 17.1 Å². The molecule has 0 N–H and O–H groups in total. The molecule has 1 rings (SSSR count). The van der Waals surface area contributed by atoms with E-state index in [-0.39, 0.29) is 9.19 Å².